The molecular weight excluding hydrogens is 302 g/mol. The lowest BCUT2D eigenvalue weighted by Crippen LogP contribution is -2.09. The Hall–Kier alpha value is -2.63. The van der Waals surface area contributed by atoms with E-state index in [0.717, 1.165) is 36.3 Å². The van der Waals surface area contributed by atoms with Gasteiger partial charge in [0.25, 0.3) is 0 Å². The molecular formula is C18H23N5O. The summed E-state index contributed by atoms with van der Waals surface area (Å²) in [6.07, 6.45) is 3.13. The molecule has 0 bridgehead atoms. The summed E-state index contributed by atoms with van der Waals surface area (Å²) in [6.45, 7) is 6.12. The molecule has 0 saturated carbocycles. The van der Waals surface area contributed by atoms with Gasteiger partial charge >= 0.3 is 0 Å². The SMILES string of the molecule is CCCCc1nc2nc(Nc3ccccc3)nc(OC(C)C)c2[nH]1. The minimum absolute atomic E-state index is 0.0232. The second kappa shape index (κ2) is 7.29. The lowest BCUT2D eigenvalue weighted by molar-refractivity contribution is 0.235. The molecule has 0 aliphatic rings. The van der Waals surface area contributed by atoms with E-state index in [0.29, 0.717) is 17.5 Å². The van der Waals surface area contributed by atoms with Crippen LogP contribution in [0.25, 0.3) is 11.2 Å². The summed E-state index contributed by atoms with van der Waals surface area (Å²) >= 11 is 0. The van der Waals surface area contributed by atoms with Crippen molar-refractivity contribution in [2.24, 2.45) is 0 Å². The first-order valence-corrected chi connectivity index (χ1v) is 8.41. The lowest BCUT2D eigenvalue weighted by Gasteiger charge is -2.11. The van der Waals surface area contributed by atoms with Crippen LogP contribution < -0.4 is 10.1 Å². The van der Waals surface area contributed by atoms with Crippen molar-refractivity contribution in [3.8, 4) is 5.88 Å². The molecule has 0 radical (unpaired) electrons. The highest BCUT2D eigenvalue weighted by molar-refractivity contribution is 5.78. The van der Waals surface area contributed by atoms with Crippen LogP contribution in [0.4, 0.5) is 11.6 Å². The molecule has 0 aliphatic carbocycles. The van der Waals surface area contributed by atoms with Gasteiger partial charge in [-0.15, -0.1) is 0 Å². The third kappa shape index (κ3) is 3.82. The van der Waals surface area contributed by atoms with Crippen molar-refractivity contribution >= 4 is 22.8 Å². The number of aryl methyl sites for hydroxylation is 1. The minimum atomic E-state index is 0.0232. The van der Waals surface area contributed by atoms with E-state index in [2.05, 4.69) is 32.2 Å². The van der Waals surface area contributed by atoms with E-state index in [1.165, 1.54) is 0 Å². The molecule has 0 amide bonds. The maximum Gasteiger partial charge on any atom is 0.245 e. The van der Waals surface area contributed by atoms with Gasteiger partial charge in [-0.25, -0.2) is 4.98 Å². The third-order valence-electron chi connectivity index (χ3n) is 3.51. The van der Waals surface area contributed by atoms with Gasteiger partial charge in [-0.05, 0) is 32.4 Å². The highest BCUT2D eigenvalue weighted by Crippen LogP contribution is 2.25. The third-order valence-corrected chi connectivity index (χ3v) is 3.51. The standard InChI is InChI=1S/C18H23N5O/c1-4-5-11-14-20-15-16(21-14)22-18(23-17(15)24-12(2)3)19-13-9-7-6-8-10-13/h6-10,12H,4-5,11H2,1-3H3,(H2,19,20,21,22,23). The first-order chi connectivity index (χ1) is 11.7. The number of fused-ring (bicyclic) bond motifs is 1. The number of rotatable bonds is 7. The maximum absolute atomic E-state index is 5.86. The van der Waals surface area contributed by atoms with Crippen LogP contribution in [-0.2, 0) is 6.42 Å². The van der Waals surface area contributed by atoms with E-state index in [1.807, 2.05) is 44.2 Å². The van der Waals surface area contributed by atoms with Crippen LogP contribution >= 0.6 is 0 Å². The minimum Gasteiger partial charge on any atom is -0.473 e. The van der Waals surface area contributed by atoms with Crippen LogP contribution in [0.3, 0.4) is 0 Å². The van der Waals surface area contributed by atoms with E-state index >= 15 is 0 Å². The number of aromatic amines is 1. The van der Waals surface area contributed by atoms with Gasteiger partial charge in [0.05, 0.1) is 6.10 Å². The summed E-state index contributed by atoms with van der Waals surface area (Å²) in [4.78, 5) is 16.9. The number of ether oxygens (including phenoxy) is 1. The van der Waals surface area contributed by atoms with Crippen molar-refractivity contribution in [2.75, 3.05) is 5.32 Å². The Kier molecular flexibility index (Phi) is 4.93. The summed E-state index contributed by atoms with van der Waals surface area (Å²) in [5.74, 6) is 1.94. The normalized spacial score (nSPS) is 11.2. The number of nitrogens with one attached hydrogen (secondary N) is 2. The molecule has 0 fully saturated rings. The fourth-order valence-electron chi connectivity index (χ4n) is 2.40. The van der Waals surface area contributed by atoms with E-state index in [4.69, 9.17) is 4.74 Å². The maximum atomic E-state index is 5.86. The Morgan fingerprint density at radius 3 is 2.62 bits per heavy atom. The summed E-state index contributed by atoms with van der Waals surface area (Å²) < 4.78 is 5.86. The highest BCUT2D eigenvalue weighted by Gasteiger charge is 2.15. The fraction of sp³-hybridized carbons (Fsp3) is 0.389. The fourth-order valence-corrected chi connectivity index (χ4v) is 2.40. The van der Waals surface area contributed by atoms with Crippen molar-refractivity contribution in [3.05, 3.63) is 36.2 Å². The van der Waals surface area contributed by atoms with Crippen molar-refractivity contribution in [1.29, 1.82) is 0 Å². The first kappa shape index (κ1) is 16.2. The molecule has 3 aromatic rings. The molecule has 2 heterocycles. The topological polar surface area (TPSA) is 75.7 Å². The molecule has 6 heteroatoms. The Bertz CT molecular complexity index is 798. The van der Waals surface area contributed by atoms with Gasteiger partial charge in [-0.2, -0.15) is 9.97 Å². The molecule has 6 nitrogen and oxygen atoms in total. The van der Waals surface area contributed by atoms with Gasteiger partial charge in [-0.3, -0.25) is 0 Å². The average Bonchev–Trinajstić information content (AvgIpc) is 2.96. The van der Waals surface area contributed by atoms with Crippen molar-refractivity contribution in [1.82, 2.24) is 19.9 Å². The number of benzene rings is 1. The first-order valence-electron chi connectivity index (χ1n) is 8.41. The molecule has 0 spiro atoms. The molecule has 3 rings (SSSR count). The summed E-state index contributed by atoms with van der Waals surface area (Å²) in [5, 5.41) is 3.21. The zero-order valence-corrected chi connectivity index (χ0v) is 14.3. The second-order valence-electron chi connectivity index (χ2n) is 6.00. The van der Waals surface area contributed by atoms with Crippen LogP contribution in [-0.4, -0.2) is 26.0 Å². The van der Waals surface area contributed by atoms with Crippen LogP contribution in [0.5, 0.6) is 5.88 Å². The smallest absolute Gasteiger partial charge is 0.245 e. The number of hydrogen-bond donors (Lipinski definition) is 2. The number of H-pyrrole nitrogens is 1. The van der Waals surface area contributed by atoms with Gasteiger partial charge in [0, 0.05) is 12.1 Å². The number of imidazole rings is 1. The number of aromatic nitrogens is 4. The van der Waals surface area contributed by atoms with Gasteiger partial charge in [0.2, 0.25) is 11.8 Å². The van der Waals surface area contributed by atoms with Crippen LogP contribution in [0, 0.1) is 0 Å². The van der Waals surface area contributed by atoms with Gasteiger partial charge < -0.3 is 15.0 Å². The Morgan fingerprint density at radius 1 is 1.12 bits per heavy atom. The van der Waals surface area contributed by atoms with Gasteiger partial charge in [0.15, 0.2) is 5.65 Å². The Labute approximate surface area is 141 Å². The number of nitrogens with zero attached hydrogens (tertiary/aromatic N) is 3. The number of para-hydroxylation sites is 1. The number of anilines is 2. The molecule has 0 saturated heterocycles. The van der Waals surface area contributed by atoms with Crippen LogP contribution in [0.2, 0.25) is 0 Å². The van der Waals surface area contributed by atoms with E-state index in [-0.39, 0.29) is 6.10 Å². The van der Waals surface area contributed by atoms with E-state index in [1.54, 1.807) is 0 Å². The van der Waals surface area contributed by atoms with Crippen molar-refractivity contribution in [2.45, 2.75) is 46.1 Å². The van der Waals surface area contributed by atoms with Gasteiger partial charge in [-0.1, -0.05) is 31.5 Å². The van der Waals surface area contributed by atoms with Crippen molar-refractivity contribution in [3.63, 3.8) is 0 Å². The average molecular weight is 325 g/mol. The van der Waals surface area contributed by atoms with Crippen LogP contribution in [0.1, 0.15) is 39.4 Å². The lowest BCUT2D eigenvalue weighted by atomic mass is 10.2. The second-order valence-corrected chi connectivity index (χ2v) is 6.00. The van der Waals surface area contributed by atoms with Crippen LogP contribution in [0.15, 0.2) is 30.3 Å². The number of hydrogen-bond acceptors (Lipinski definition) is 5. The number of unbranched alkanes of at least 4 members (excludes halogenated alkanes) is 1. The molecule has 126 valence electrons. The summed E-state index contributed by atoms with van der Waals surface area (Å²) in [5.41, 5.74) is 2.31. The summed E-state index contributed by atoms with van der Waals surface area (Å²) in [7, 11) is 0. The Morgan fingerprint density at radius 2 is 1.92 bits per heavy atom. The monoisotopic (exact) mass is 325 g/mol. The predicted molar refractivity (Wildman–Crippen MR) is 95.8 cm³/mol. The molecule has 0 aliphatic heterocycles. The molecule has 2 aromatic heterocycles. The summed E-state index contributed by atoms with van der Waals surface area (Å²) in [6, 6.07) is 9.82. The zero-order valence-electron chi connectivity index (χ0n) is 14.3. The predicted octanol–water partition coefficient (Wildman–Crippen LogP) is 4.23. The van der Waals surface area contributed by atoms with Gasteiger partial charge in [0.1, 0.15) is 11.3 Å². The molecule has 0 atom stereocenters. The molecule has 24 heavy (non-hydrogen) atoms. The quantitative estimate of drug-likeness (QED) is 0.680. The zero-order chi connectivity index (χ0) is 16.9. The van der Waals surface area contributed by atoms with Crippen molar-refractivity contribution < 1.29 is 4.74 Å². The highest BCUT2D eigenvalue weighted by atomic mass is 16.5. The van der Waals surface area contributed by atoms with E-state index in [9.17, 15) is 0 Å². The molecule has 0 unspecified atom stereocenters. The van der Waals surface area contributed by atoms with E-state index < -0.39 is 0 Å². The molecule has 1 aromatic carbocycles. The largest absolute Gasteiger partial charge is 0.473 e. The molecule has 2 N–H and O–H groups in total. The Balaban J connectivity index is 1.97.